The molecule has 74 valence electrons. The first-order chi connectivity index (χ1) is 6.21. The Labute approximate surface area is 78.3 Å². The van der Waals surface area contributed by atoms with E-state index in [2.05, 4.69) is 0 Å². The summed E-state index contributed by atoms with van der Waals surface area (Å²) in [6.07, 6.45) is 2.55. The first-order valence-corrected chi connectivity index (χ1v) is 6.53. The molecule has 0 radical (unpaired) electrons. The van der Waals surface area contributed by atoms with E-state index in [9.17, 15) is 4.57 Å². The first-order valence-electron chi connectivity index (χ1n) is 4.92. The third kappa shape index (κ3) is 0.860. The van der Waals surface area contributed by atoms with E-state index in [-0.39, 0.29) is 5.66 Å². The van der Waals surface area contributed by atoms with Gasteiger partial charge in [-0.1, -0.05) is 0 Å². The standard InChI is InChI=1S/C9H15O3P/c1-11-13(10,12-2)9-5-3-6-7(4-5)8(6)9/h5-9H,3-4H2,1-2H3. The first kappa shape index (κ1) is 8.46. The fourth-order valence-electron chi connectivity index (χ4n) is 3.82. The zero-order valence-electron chi connectivity index (χ0n) is 7.97. The zero-order chi connectivity index (χ0) is 9.22. The molecule has 4 aliphatic rings. The largest absolute Gasteiger partial charge is 0.333 e. The van der Waals surface area contributed by atoms with E-state index >= 15 is 0 Å². The lowest BCUT2D eigenvalue weighted by molar-refractivity contribution is 0.258. The van der Waals surface area contributed by atoms with Crippen molar-refractivity contribution >= 4 is 7.60 Å². The highest BCUT2D eigenvalue weighted by Crippen LogP contribution is 2.79. The van der Waals surface area contributed by atoms with Crippen molar-refractivity contribution in [1.29, 1.82) is 0 Å². The summed E-state index contributed by atoms with van der Waals surface area (Å²) in [5, 5.41) is 0. The lowest BCUT2D eigenvalue weighted by Gasteiger charge is -2.23. The maximum absolute atomic E-state index is 12.2. The van der Waals surface area contributed by atoms with Crippen LogP contribution in [0.25, 0.3) is 0 Å². The van der Waals surface area contributed by atoms with Crippen LogP contribution in [-0.4, -0.2) is 19.9 Å². The molecule has 3 nitrogen and oxygen atoms in total. The van der Waals surface area contributed by atoms with Gasteiger partial charge in [0, 0.05) is 14.2 Å². The van der Waals surface area contributed by atoms with Gasteiger partial charge < -0.3 is 9.05 Å². The minimum atomic E-state index is -2.76. The summed E-state index contributed by atoms with van der Waals surface area (Å²) in [5.74, 6) is 3.05. The van der Waals surface area contributed by atoms with Gasteiger partial charge in [0.15, 0.2) is 0 Å². The Kier molecular flexibility index (Phi) is 1.55. The van der Waals surface area contributed by atoms with Gasteiger partial charge in [0.1, 0.15) is 0 Å². The molecule has 4 heteroatoms. The second-order valence-corrected chi connectivity index (χ2v) is 6.94. The van der Waals surface area contributed by atoms with Gasteiger partial charge in [-0.25, -0.2) is 0 Å². The Morgan fingerprint density at radius 3 is 2.00 bits per heavy atom. The molecule has 3 atom stereocenters. The summed E-state index contributed by atoms with van der Waals surface area (Å²) in [7, 11) is 0.265. The van der Waals surface area contributed by atoms with Crippen molar-refractivity contribution in [3.05, 3.63) is 0 Å². The molecule has 13 heavy (non-hydrogen) atoms. The summed E-state index contributed by atoms with van der Waals surface area (Å²) >= 11 is 0. The predicted octanol–water partition coefficient (Wildman–Crippen LogP) is 2.13. The van der Waals surface area contributed by atoms with Gasteiger partial charge in [-0.3, -0.25) is 4.57 Å². The minimum Gasteiger partial charge on any atom is -0.312 e. The van der Waals surface area contributed by atoms with Gasteiger partial charge in [-0.15, -0.1) is 0 Å². The lowest BCUT2D eigenvalue weighted by atomic mass is 10.1. The quantitative estimate of drug-likeness (QED) is 0.657. The highest BCUT2D eigenvalue weighted by molar-refractivity contribution is 7.54. The number of hydrogen-bond donors (Lipinski definition) is 0. The van der Waals surface area contributed by atoms with Crippen LogP contribution in [0.4, 0.5) is 0 Å². The third-order valence-electron chi connectivity index (χ3n) is 4.30. The number of hydrogen-bond acceptors (Lipinski definition) is 3. The highest BCUT2D eigenvalue weighted by Gasteiger charge is 2.73. The molecule has 0 aromatic carbocycles. The molecule has 4 saturated carbocycles. The van der Waals surface area contributed by atoms with Gasteiger partial charge in [-0.2, -0.15) is 0 Å². The topological polar surface area (TPSA) is 35.5 Å². The minimum absolute atomic E-state index is 0.234. The molecule has 0 aromatic heterocycles. The van der Waals surface area contributed by atoms with E-state index in [0.717, 1.165) is 11.8 Å². The van der Waals surface area contributed by atoms with Crippen LogP contribution in [0.15, 0.2) is 0 Å². The van der Waals surface area contributed by atoms with Crippen LogP contribution >= 0.6 is 7.60 Å². The fraction of sp³-hybridized carbons (Fsp3) is 1.00. The normalized spacial score (nSPS) is 51.4. The van der Waals surface area contributed by atoms with E-state index in [0.29, 0.717) is 11.8 Å². The molecule has 0 aromatic rings. The Balaban J connectivity index is 1.90. The Bertz CT molecular complexity index is 269. The van der Waals surface area contributed by atoms with Crippen molar-refractivity contribution in [2.75, 3.05) is 14.2 Å². The summed E-state index contributed by atoms with van der Waals surface area (Å²) in [5.41, 5.74) is 0.234. The molecule has 4 fully saturated rings. The molecule has 3 unspecified atom stereocenters. The van der Waals surface area contributed by atoms with Crippen LogP contribution < -0.4 is 0 Å². The second kappa shape index (κ2) is 2.39. The van der Waals surface area contributed by atoms with Crippen LogP contribution in [0.3, 0.4) is 0 Å². The van der Waals surface area contributed by atoms with E-state index in [1.165, 1.54) is 27.1 Å². The van der Waals surface area contributed by atoms with Crippen molar-refractivity contribution in [2.45, 2.75) is 18.5 Å². The summed E-state index contributed by atoms with van der Waals surface area (Å²) in [6, 6.07) is 0. The fourth-order valence-corrected chi connectivity index (χ4v) is 6.08. The smallest absolute Gasteiger partial charge is 0.312 e. The Hall–Kier alpha value is 0.150. The number of rotatable bonds is 3. The monoisotopic (exact) mass is 202 g/mol. The predicted molar refractivity (Wildman–Crippen MR) is 48.6 cm³/mol. The maximum Gasteiger partial charge on any atom is 0.333 e. The van der Waals surface area contributed by atoms with Crippen LogP contribution in [0, 0.1) is 23.7 Å². The van der Waals surface area contributed by atoms with Crippen LogP contribution in [0.5, 0.6) is 0 Å². The third-order valence-corrected chi connectivity index (χ3v) is 6.81. The molecule has 0 saturated heterocycles. The van der Waals surface area contributed by atoms with Gasteiger partial charge in [0.05, 0.1) is 5.66 Å². The van der Waals surface area contributed by atoms with Crippen LogP contribution in [-0.2, 0) is 13.6 Å². The van der Waals surface area contributed by atoms with Crippen molar-refractivity contribution in [3.63, 3.8) is 0 Å². The van der Waals surface area contributed by atoms with Crippen LogP contribution in [0.1, 0.15) is 12.8 Å². The lowest BCUT2D eigenvalue weighted by Crippen LogP contribution is -2.15. The summed E-state index contributed by atoms with van der Waals surface area (Å²) < 4.78 is 22.4. The van der Waals surface area contributed by atoms with E-state index in [1.54, 1.807) is 0 Å². The van der Waals surface area contributed by atoms with E-state index in [1.807, 2.05) is 0 Å². The molecule has 4 rings (SSSR count). The van der Waals surface area contributed by atoms with Gasteiger partial charge in [0.2, 0.25) is 0 Å². The molecule has 0 N–H and O–H groups in total. The van der Waals surface area contributed by atoms with Crippen LogP contribution in [0.2, 0.25) is 0 Å². The summed E-state index contributed by atoms with van der Waals surface area (Å²) in [6.45, 7) is 0. The highest BCUT2D eigenvalue weighted by atomic mass is 31.2. The average molecular weight is 202 g/mol. The van der Waals surface area contributed by atoms with Crippen molar-refractivity contribution in [3.8, 4) is 0 Å². The average Bonchev–Trinajstić information content (AvgIpc) is 2.66. The molecule has 0 aliphatic heterocycles. The molecular formula is C9H15O3P. The van der Waals surface area contributed by atoms with Gasteiger partial charge in [-0.05, 0) is 36.5 Å². The molecule has 0 amide bonds. The van der Waals surface area contributed by atoms with Gasteiger partial charge in [0.25, 0.3) is 0 Å². The molecule has 0 spiro atoms. The SMILES string of the molecule is COP(=O)(OC)C1C2CC3C(C2)C31. The Morgan fingerprint density at radius 2 is 1.69 bits per heavy atom. The zero-order valence-corrected chi connectivity index (χ0v) is 8.87. The van der Waals surface area contributed by atoms with E-state index in [4.69, 9.17) is 9.05 Å². The molecular weight excluding hydrogens is 187 g/mol. The molecule has 4 aliphatic carbocycles. The maximum atomic E-state index is 12.2. The molecule has 4 bridgehead atoms. The van der Waals surface area contributed by atoms with E-state index < -0.39 is 7.60 Å². The van der Waals surface area contributed by atoms with Crippen molar-refractivity contribution in [2.24, 2.45) is 23.7 Å². The molecule has 0 heterocycles. The Morgan fingerprint density at radius 1 is 1.15 bits per heavy atom. The second-order valence-electron chi connectivity index (χ2n) is 4.53. The van der Waals surface area contributed by atoms with Crippen molar-refractivity contribution < 1.29 is 13.6 Å². The summed E-state index contributed by atoms with van der Waals surface area (Å²) in [4.78, 5) is 0. The van der Waals surface area contributed by atoms with Gasteiger partial charge >= 0.3 is 7.60 Å². The van der Waals surface area contributed by atoms with Crippen molar-refractivity contribution in [1.82, 2.24) is 0 Å².